The summed E-state index contributed by atoms with van der Waals surface area (Å²) in [6.07, 6.45) is 0.781. The Morgan fingerprint density at radius 2 is 1.88 bits per heavy atom. The zero-order chi connectivity index (χ0) is 24.2. The lowest BCUT2D eigenvalue weighted by Gasteiger charge is -2.22. The van der Waals surface area contributed by atoms with Crippen molar-refractivity contribution in [2.75, 3.05) is 31.1 Å². The van der Waals surface area contributed by atoms with Crippen LogP contribution in [0.15, 0.2) is 52.3 Å². The number of ether oxygens (including phenoxy) is 1. The van der Waals surface area contributed by atoms with Crippen molar-refractivity contribution >= 4 is 39.3 Å². The van der Waals surface area contributed by atoms with Crippen molar-refractivity contribution in [3.63, 3.8) is 0 Å². The number of esters is 1. The number of hydrogen-bond donors (Lipinski definition) is 0. The number of thioether (sulfide) groups is 1. The van der Waals surface area contributed by atoms with Crippen LogP contribution in [-0.4, -0.2) is 56.1 Å². The summed E-state index contributed by atoms with van der Waals surface area (Å²) in [6.45, 7) is 5.68. The Morgan fingerprint density at radius 1 is 1.18 bits per heavy atom. The molecule has 0 spiro atoms. The molecule has 0 N–H and O–H groups in total. The first kappa shape index (κ1) is 25.2. The fraction of sp³-hybridized carbons (Fsp3) is 0.391. The molecule has 2 aromatic rings. The van der Waals surface area contributed by atoms with Gasteiger partial charge in [-0.2, -0.15) is 4.31 Å². The smallest absolute Gasteiger partial charge is 0.338 e. The number of rotatable bonds is 7. The Hall–Kier alpha value is -2.43. The summed E-state index contributed by atoms with van der Waals surface area (Å²) in [5, 5.41) is 0.330. The molecule has 33 heavy (non-hydrogen) atoms. The molecule has 0 radical (unpaired) electrons. The van der Waals surface area contributed by atoms with Crippen molar-refractivity contribution in [3.05, 3.63) is 53.8 Å². The maximum Gasteiger partial charge on any atom is 0.338 e. The Morgan fingerprint density at radius 3 is 2.58 bits per heavy atom. The number of fused-ring (bicyclic) bond motifs is 1. The molecule has 0 fully saturated rings. The minimum absolute atomic E-state index is 0.143. The third-order valence-electron chi connectivity index (χ3n) is 5.36. The summed E-state index contributed by atoms with van der Waals surface area (Å²) in [4.78, 5) is 27.4. The van der Waals surface area contributed by atoms with Crippen LogP contribution in [0.4, 0.5) is 10.1 Å². The van der Waals surface area contributed by atoms with Crippen LogP contribution in [0.5, 0.6) is 0 Å². The highest BCUT2D eigenvalue weighted by molar-refractivity contribution is 8.00. The van der Waals surface area contributed by atoms with Gasteiger partial charge in [-0.1, -0.05) is 32.9 Å². The third kappa shape index (κ3) is 5.56. The van der Waals surface area contributed by atoms with Crippen LogP contribution in [0.1, 0.15) is 37.6 Å². The number of carbonyl (C=O) groups is 2. The molecule has 1 atom stereocenters. The monoisotopic (exact) mass is 494 g/mol. The second-order valence-corrected chi connectivity index (χ2v) is 10.9. The lowest BCUT2D eigenvalue weighted by Crippen LogP contribution is -2.35. The van der Waals surface area contributed by atoms with Crippen LogP contribution in [-0.2, 0) is 19.6 Å². The van der Waals surface area contributed by atoms with Crippen molar-refractivity contribution in [3.8, 4) is 0 Å². The van der Waals surface area contributed by atoms with Gasteiger partial charge < -0.3 is 9.64 Å². The van der Waals surface area contributed by atoms with Crippen LogP contribution < -0.4 is 4.90 Å². The fourth-order valence-corrected chi connectivity index (χ4v) is 6.23. The molecule has 178 valence electrons. The van der Waals surface area contributed by atoms with E-state index in [4.69, 9.17) is 4.74 Å². The van der Waals surface area contributed by atoms with Gasteiger partial charge in [0, 0.05) is 29.8 Å². The van der Waals surface area contributed by atoms with Crippen molar-refractivity contribution in [2.45, 2.75) is 42.2 Å². The van der Waals surface area contributed by atoms with E-state index in [0.717, 1.165) is 39.5 Å². The largest absolute Gasteiger partial charge is 0.452 e. The van der Waals surface area contributed by atoms with Gasteiger partial charge in [0.25, 0.3) is 5.91 Å². The second-order valence-electron chi connectivity index (χ2n) is 7.54. The summed E-state index contributed by atoms with van der Waals surface area (Å²) in [5.74, 6) is -2.24. The fourth-order valence-electron chi connectivity index (χ4n) is 3.57. The van der Waals surface area contributed by atoms with Crippen molar-refractivity contribution in [1.82, 2.24) is 4.31 Å². The number of benzene rings is 2. The van der Waals surface area contributed by atoms with E-state index in [9.17, 15) is 22.4 Å². The molecule has 1 unspecified atom stereocenters. The summed E-state index contributed by atoms with van der Waals surface area (Å²) in [6, 6.07) is 10.6. The maximum atomic E-state index is 14.3. The zero-order valence-electron chi connectivity index (χ0n) is 18.8. The molecule has 1 aliphatic rings. The molecule has 3 rings (SSSR count). The van der Waals surface area contributed by atoms with Crippen molar-refractivity contribution in [2.24, 2.45) is 0 Å². The van der Waals surface area contributed by atoms with E-state index in [1.807, 2.05) is 24.3 Å². The molecule has 0 saturated carbocycles. The normalized spacial score (nSPS) is 16.3. The minimum Gasteiger partial charge on any atom is -0.452 e. The molecule has 10 heteroatoms. The van der Waals surface area contributed by atoms with Gasteiger partial charge in [-0.25, -0.2) is 17.6 Å². The zero-order valence-corrected chi connectivity index (χ0v) is 20.4. The molecule has 1 amide bonds. The number of para-hydroxylation sites is 1. The summed E-state index contributed by atoms with van der Waals surface area (Å²) in [7, 11) is -4.11. The van der Waals surface area contributed by atoms with Crippen LogP contribution in [0.25, 0.3) is 0 Å². The highest BCUT2D eigenvalue weighted by Gasteiger charge is 2.28. The first-order valence-electron chi connectivity index (χ1n) is 10.7. The number of amides is 1. The highest BCUT2D eigenvalue weighted by atomic mass is 32.2. The average molecular weight is 495 g/mol. The van der Waals surface area contributed by atoms with Crippen LogP contribution in [0.2, 0.25) is 0 Å². The van der Waals surface area contributed by atoms with E-state index in [0.29, 0.717) is 11.8 Å². The maximum absolute atomic E-state index is 14.3. The van der Waals surface area contributed by atoms with Gasteiger partial charge in [-0.15, -0.1) is 11.8 Å². The quantitative estimate of drug-likeness (QED) is 0.543. The van der Waals surface area contributed by atoms with Crippen LogP contribution >= 0.6 is 11.8 Å². The van der Waals surface area contributed by atoms with E-state index in [1.165, 1.54) is 0 Å². The number of nitrogens with zero attached hydrogens (tertiary/aromatic N) is 2. The summed E-state index contributed by atoms with van der Waals surface area (Å²) in [5.41, 5.74) is 0.623. The number of carbonyl (C=O) groups excluding carboxylic acids is 2. The summed E-state index contributed by atoms with van der Waals surface area (Å²) >= 11 is 1.69. The Bertz CT molecular complexity index is 1140. The predicted molar refractivity (Wildman–Crippen MR) is 126 cm³/mol. The molecule has 1 heterocycles. The molecule has 0 aromatic heterocycles. The second kappa shape index (κ2) is 10.7. The lowest BCUT2D eigenvalue weighted by atomic mass is 10.2. The highest BCUT2D eigenvalue weighted by Crippen LogP contribution is 2.37. The molecule has 0 bridgehead atoms. The molecule has 0 aliphatic carbocycles. The molecular weight excluding hydrogens is 467 g/mol. The number of anilines is 1. The van der Waals surface area contributed by atoms with Gasteiger partial charge >= 0.3 is 5.97 Å². The van der Waals surface area contributed by atoms with Gasteiger partial charge in [-0.05, 0) is 36.8 Å². The van der Waals surface area contributed by atoms with Gasteiger partial charge in [0.2, 0.25) is 10.0 Å². The standard InChI is InChI=1S/C23H27FN2O5S2/c1-4-25(5-2)33(29,30)21-14-17(10-11-18(21)24)23(28)31-15-22(27)26-13-12-16(3)32-20-9-7-6-8-19(20)26/h6-11,14,16H,4-5,12-13,15H2,1-3H3. The first-order valence-corrected chi connectivity index (χ1v) is 13.0. The number of sulfonamides is 1. The first-order chi connectivity index (χ1) is 15.7. The van der Waals surface area contributed by atoms with Gasteiger partial charge in [-0.3, -0.25) is 4.79 Å². The average Bonchev–Trinajstić information content (AvgIpc) is 2.96. The van der Waals surface area contributed by atoms with Gasteiger partial charge in [0.05, 0.1) is 11.3 Å². The number of hydrogen-bond acceptors (Lipinski definition) is 6. The number of halogens is 1. The molecule has 7 nitrogen and oxygen atoms in total. The molecule has 0 saturated heterocycles. The topological polar surface area (TPSA) is 84.0 Å². The van der Waals surface area contributed by atoms with E-state index in [-0.39, 0.29) is 24.6 Å². The molecular formula is C23H27FN2O5S2. The van der Waals surface area contributed by atoms with Gasteiger partial charge in [0.15, 0.2) is 6.61 Å². The molecule has 2 aromatic carbocycles. The lowest BCUT2D eigenvalue weighted by molar-refractivity contribution is -0.121. The minimum atomic E-state index is -4.11. The SMILES string of the molecule is CCN(CC)S(=O)(=O)c1cc(C(=O)OCC(=O)N2CCC(C)Sc3ccccc32)ccc1F. The van der Waals surface area contributed by atoms with Crippen LogP contribution in [0.3, 0.4) is 0 Å². The van der Waals surface area contributed by atoms with Crippen molar-refractivity contribution in [1.29, 1.82) is 0 Å². The van der Waals surface area contributed by atoms with Crippen molar-refractivity contribution < 1.29 is 27.1 Å². The Kier molecular flexibility index (Phi) is 8.14. The Balaban J connectivity index is 1.76. The van der Waals surface area contributed by atoms with Gasteiger partial charge in [0.1, 0.15) is 10.7 Å². The Labute approximate surface area is 198 Å². The third-order valence-corrected chi connectivity index (χ3v) is 8.66. The van der Waals surface area contributed by atoms with E-state index < -0.39 is 33.3 Å². The van der Waals surface area contributed by atoms with E-state index in [2.05, 4.69) is 6.92 Å². The van der Waals surface area contributed by atoms with E-state index in [1.54, 1.807) is 30.5 Å². The summed E-state index contributed by atoms with van der Waals surface area (Å²) < 4.78 is 46.0. The predicted octanol–water partition coefficient (Wildman–Crippen LogP) is 3.93. The van der Waals surface area contributed by atoms with E-state index >= 15 is 0 Å². The van der Waals surface area contributed by atoms with Crippen LogP contribution in [0, 0.1) is 5.82 Å². The molecule has 1 aliphatic heterocycles.